The molecule has 0 radical (unpaired) electrons. The molecule has 2 aromatic rings. The summed E-state index contributed by atoms with van der Waals surface area (Å²) in [6.07, 6.45) is 2.19. The number of benzene rings is 1. The van der Waals surface area contributed by atoms with Gasteiger partial charge in [0.2, 0.25) is 0 Å². The lowest BCUT2D eigenvalue weighted by Gasteiger charge is -2.11. The number of hydrogen-bond donors (Lipinski definition) is 2. The Morgan fingerprint density at radius 3 is 2.77 bits per heavy atom. The highest BCUT2D eigenvalue weighted by atomic mass is 16.5. The van der Waals surface area contributed by atoms with Crippen LogP contribution in [0.3, 0.4) is 0 Å². The van der Waals surface area contributed by atoms with Crippen LogP contribution in [0.5, 0.6) is 5.75 Å². The fraction of sp³-hybridized carbons (Fsp3) is 0.375. The highest BCUT2D eigenvalue weighted by Crippen LogP contribution is 2.20. The number of para-hydroxylation sites is 1. The smallest absolute Gasteiger partial charge is 0.275 e. The summed E-state index contributed by atoms with van der Waals surface area (Å²) in [4.78, 5) is 12.3. The van der Waals surface area contributed by atoms with Crippen LogP contribution in [0.15, 0.2) is 36.5 Å². The summed E-state index contributed by atoms with van der Waals surface area (Å²) >= 11 is 0. The molecule has 2 N–H and O–H groups in total. The van der Waals surface area contributed by atoms with E-state index < -0.39 is 0 Å². The van der Waals surface area contributed by atoms with Gasteiger partial charge in [-0.3, -0.25) is 4.79 Å². The van der Waals surface area contributed by atoms with Gasteiger partial charge in [-0.25, -0.2) is 4.68 Å². The Balaban J connectivity index is 2.26. The molecule has 0 fully saturated rings. The van der Waals surface area contributed by atoms with E-state index in [0.29, 0.717) is 18.8 Å². The molecular formula is C16H21N3O3. The molecule has 1 unspecified atom stereocenters. The lowest BCUT2D eigenvalue weighted by molar-refractivity contribution is 0.0925. The van der Waals surface area contributed by atoms with E-state index >= 15 is 0 Å². The normalized spacial score (nSPS) is 12.0. The quantitative estimate of drug-likeness (QED) is 0.817. The van der Waals surface area contributed by atoms with E-state index in [1.54, 1.807) is 10.9 Å². The van der Waals surface area contributed by atoms with Crippen molar-refractivity contribution in [3.8, 4) is 11.4 Å². The first-order valence-electron chi connectivity index (χ1n) is 7.35. The fourth-order valence-electron chi connectivity index (χ4n) is 2.05. The third kappa shape index (κ3) is 3.85. The molecule has 0 aliphatic heterocycles. The van der Waals surface area contributed by atoms with Crippen LogP contribution in [0.1, 0.15) is 30.8 Å². The maximum Gasteiger partial charge on any atom is 0.275 e. The zero-order valence-corrected chi connectivity index (χ0v) is 12.8. The zero-order valence-electron chi connectivity index (χ0n) is 12.8. The summed E-state index contributed by atoms with van der Waals surface area (Å²) in [5, 5.41) is 16.1. The number of rotatable bonds is 7. The Morgan fingerprint density at radius 2 is 2.14 bits per heavy atom. The first-order chi connectivity index (χ1) is 10.7. The van der Waals surface area contributed by atoms with Gasteiger partial charge in [-0.1, -0.05) is 18.2 Å². The molecule has 1 aromatic carbocycles. The maximum absolute atomic E-state index is 12.3. The van der Waals surface area contributed by atoms with Gasteiger partial charge in [0.05, 0.1) is 18.5 Å². The molecule has 0 saturated heterocycles. The zero-order chi connectivity index (χ0) is 15.9. The van der Waals surface area contributed by atoms with Crippen LogP contribution in [0.2, 0.25) is 0 Å². The van der Waals surface area contributed by atoms with E-state index in [1.807, 2.05) is 44.2 Å². The standard InChI is InChI=1S/C16H21N3O3/c1-3-22-14-11-19(13-7-5-4-6-8-13)18-15(14)16(21)17-12(2)9-10-20/h4-8,11-12,20H,3,9-10H2,1-2H3,(H,17,21). The molecule has 0 saturated carbocycles. The molecule has 0 spiro atoms. The molecule has 2 rings (SSSR count). The minimum absolute atomic E-state index is 0.0260. The second kappa shape index (κ2) is 7.61. The fourth-order valence-corrected chi connectivity index (χ4v) is 2.05. The second-order valence-electron chi connectivity index (χ2n) is 4.94. The topological polar surface area (TPSA) is 76.4 Å². The molecule has 0 bridgehead atoms. The van der Waals surface area contributed by atoms with Crippen molar-refractivity contribution in [2.24, 2.45) is 0 Å². The molecule has 6 heteroatoms. The van der Waals surface area contributed by atoms with Crippen molar-refractivity contribution in [2.45, 2.75) is 26.3 Å². The van der Waals surface area contributed by atoms with Crippen molar-refractivity contribution in [1.82, 2.24) is 15.1 Å². The number of nitrogens with one attached hydrogen (secondary N) is 1. The molecule has 6 nitrogen and oxygen atoms in total. The van der Waals surface area contributed by atoms with Gasteiger partial charge in [0.15, 0.2) is 11.4 Å². The van der Waals surface area contributed by atoms with Gasteiger partial charge in [-0.2, -0.15) is 5.10 Å². The van der Waals surface area contributed by atoms with E-state index in [2.05, 4.69) is 10.4 Å². The molecular weight excluding hydrogens is 282 g/mol. The van der Waals surface area contributed by atoms with Crippen molar-refractivity contribution in [1.29, 1.82) is 0 Å². The van der Waals surface area contributed by atoms with Crippen molar-refractivity contribution in [3.05, 3.63) is 42.2 Å². The average Bonchev–Trinajstić information content (AvgIpc) is 2.93. The Kier molecular flexibility index (Phi) is 5.55. The van der Waals surface area contributed by atoms with Crippen molar-refractivity contribution in [2.75, 3.05) is 13.2 Å². The Morgan fingerprint density at radius 1 is 1.41 bits per heavy atom. The van der Waals surface area contributed by atoms with Gasteiger partial charge in [0.1, 0.15) is 0 Å². The highest BCUT2D eigenvalue weighted by Gasteiger charge is 2.20. The maximum atomic E-state index is 12.3. The number of nitrogens with zero attached hydrogens (tertiary/aromatic N) is 2. The van der Waals surface area contributed by atoms with Gasteiger partial charge >= 0.3 is 0 Å². The van der Waals surface area contributed by atoms with Crippen LogP contribution >= 0.6 is 0 Å². The van der Waals surface area contributed by atoms with Gasteiger partial charge in [0, 0.05) is 12.6 Å². The van der Waals surface area contributed by atoms with Crippen LogP contribution in [-0.4, -0.2) is 40.0 Å². The van der Waals surface area contributed by atoms with Crippen LogP contribution in [0.4, 0.5) is 0 Å². The Labute approximate surface area is 129 Å². The van der Waals surface area contributed by atoms with Gasteiger partial charge in [0.25, 0.3) is 5.91 Å². The first-order valence-corrected chi connectivity index (χ1v) is 7.35. The first kappa shape index (κ1) is 16.0. The van der Waals surface area contributed by atoms with Crippen LogP contribution < -0.4 is 10.1 Å². The van der Waals surface area contributed by atoms with E-state index in [1.165, 1.54) is 0 Å². The van der Waals surface area contributed by atoms with Crippen molar-refractivity contribution >= 4 is 5.91 Å². The minimum Gasteiger partial charge on any atom is -0.490 e. The van der Waals surface area contributed by atoms with Gasteiger partial charge in [-0.15, -0.1) is 0 Å². The predicted octanol–water partition coefficient (Wildman–Crippen LogP) is 1.77. The average molecular weight is 303 g/mol. The van der Waals surface area contributed by atoms with Crippen molar-refractivity contribution in [3.63, 3.8) is 0 Å². The second-order valence-corrected chi connectivity index (χ2v) is 4.94. The summed E-state index contributed by atoms with van der Waals surface area (Å²) in [6, 6.07) is 9.40. The predicted molar refractivity (Wildman–Crippen MR) is 83.4 cm³/mol. The highest BCUT2D eigenvalue weighted by molar-refractivity contribution is 5.95. The summed E-state index contributed by atoms with van der Waals surface area (Å²) in [5.41, 5.74) is 1.10. The number of ether oxygens (including phenoxy) is 1. The summed E-state index contributed by atoms with van der Waals surface area (Å²) in [6.45, 7) is 4.17. The number of amides is 1. The summed E-state index contributed by atoms with van der Waals surface area (Å²) in [7, 11) is 0. The van der Waals surface area contributed by atoms with Crippen LogP contribution in [0, 0.1) is 0 Å². The lowest BCUT2D eigenvalue weighted by Crippen LogP contribution is -2.33. The number of carbonyl (C=O) groups is 1. The third-order valence-corrected chi connectivity index (χ3v) is 3.16. The van der Waals surface area contributed by atoms with E-state index in [4.69, 9.17) is 9.84 Å². The largest absolute Gasteiger partial charge is 0.490 e. The molecule has 0 aliphatic rings. The molecule has 1 heterocycles. The Bertz CT molecular complexity index is 610. The molecule has 1 aromatic heterocycles. The molecule has 1 atom stereocenters. The van der Waals surface area contributed by atoms with E-state index in [0.717, 1.165) is 5.69 Å². The van der Waals surface area contributed by atoms with Gasteiger partial charge < -0.3 is 15.2 Å². The minimum atomic E-state index is -0.306. The van der Waals surface area contributed by atoms with E-state index in [-0.39, 0.29) is 24.2 Å². The van der Waals surface area contributed by atoms with E-state index in [9.17, 15) is 4.79 Å². The molecule has 0 aliphatic carbocycles. The number of hydrogen-bond acceptors (Lipinski definition) is 4. The third-order valence-electron chi connectivity index (χ3n) is 3.16. The molecule has 1 amide bonds. The van der Waals surface area contributed by atoms with Crippen molar-refractivity contribution < 1.29 is 14.6 Å². The summed E-state index contributed by atoms with van der Waals surface area (Å²) < 4.78 is 7.13. The number of aliphatic hydroxyl groups is 1. The number of aliphatic hydroxyl groups excluding tert-OH is 1. The summed E-state index contributed by atoms with van der Waals surface area (Å²) in [5.74, 6) is 0.138. The lowest BCUT2D eigenvalue weighted by atomic mass is 10.2. The molecule has 22 heavy (non-hydrogen) atoms. The van der Waals surface area contributed by atoms with Gasteiger partial charge in [-0.05, 0) is 32.4 Å². The number of carbonyl (C=O) groups excluding carboxylic acids is 1. The van der Waals surface area contributed by atoms with Crippen LogP contribution in [-0.2, 0) is 0 Å². The Hall–Kier alpha value is -2.34. The number of aromatic nitrogens is 2. The monoisotopic (exact) mass is 303 g/mol. The SMILES string of the molecule is CCOc1cn(-c2ccccc2)nc1C(=O)NC(C)CCO. The van der Waals surface area contributed by atoms with Crippen LogP contribution in [0.25, 0.3) is 5.69 Å². The molecule has 118 valence electrons.